The zero-order valence-electron chi connectivity index (χ0n) is 15.1. The van der Waals surface area contributed by atoms with Crippen LogP contribution in [0.3, 0.4) is 0 Å². The first-order valence-corrected chi connectivity index (χ1v) is 8.32. The van der Waals surface area contributed by atoms with Gasteiger partial charge in [0.15, 0.2) is 17.5 Å². The van der Waals surface area contributed by atoms with Crippen LogP contribution in [0.15, 0.2) is 33.7 Å². The predicted molar refractivity (Wildman–Crippen MR) is 95.3 cm³/mol. The lowest BCUT2D eigenvalue weighted by molar-refractivity contribution is 0.191. The summed E-state index contributed by atoms with van der Waals surface area (Å²) in [6.07, 6.45) is 0.554. The van der Waals surface area contributed by atoms with Gasteiger partial charge in [0, 0.05) is 7.05 Å². The molecule has 1 heterocycles. The average molecular weight is 348 g/mol. The molecule has 0 radical (unpaired) electrons. The Morgan fingerprint density at radius 3 is 2.68 bits per heavy atom. The van der Waals surface area contributed by atoms with E-state index in [-0.39, 0.29) is 17.7 Å². The fourth-order valence-electron chi connectivity index (χ4n) is 2.19. The van der Waals surface area contributed by atoms with Crippen LogP contribution in [-0.4, -0.2) is 30.6 Å². The first-order valence-electron chi connectivity index (χ1n) is 8.32. The predicted octanol–water partition coefficient (Wildman–Crippen LogP) is 2.95. The summed E-state index contributed by atoms with van der Waals surface area (Å²) < 4.78 is 24.9. The molecule has 0 spiro atoms. The van der Waals surface area contributed by atoms with E-state index in [4.69, 9.17) is 9.15 Å². The Bertz CT molecular complexity index is 695. The maximum Gasteiger partial charge on any atom is 0.214 e. The minimum absolute atomic E-state index is 0.179. The minimum Gasteiger partial charge on any atom is -0.486 e. The summed E-state index contributed by atoms with van der Waals surface area (Å²) in [4.78, 5) is 8.47. The highest BCUT2D eigenvalue weighted by molar-refractivity contribution is 5.79. The molecular formula is C18H25FN4O2. The number of halogens is 1. The van der Waals surface area contributed by atoms with Gasteiger partial charge in [-0.05, 0) is 32.4 Å². The number of rotatable bonds is 7. The molecule has 0 aliphatic heterocycles. The van der Waals surface area contributed by atoms with Crippen LogP contribution in [0.4, 0.5) is 4.39 Å². The first kappa shape index (κ1) is 18.8. The molecule has 0 aliphatic carbocycles. The zero-order valence-corrected chi connectivity index (χ0v) is 15.1. The van der Waals surface area contributed by atoms with Crippen LogP contribution in [0.1, 0.15) is 30.7 Å². The molecule has 2 rings (SSSR count). The second-order valence-corrected chi connectivity index (χ2v) is 5.63. The van der Waals surface area contributed by atoms with Gasteiger partial charge in [-0.2, -0.15) is 0 Å². The summed E-state index contributed by atoms with van der Waals surface area (Å²) in [5, 5.41) is 6.31. The van der Waals surface area contributed by atoms with Crippen molar-refractivity contribution in [2.75, 3.05) is 13.6 Å². The third kappa shape index (κ3) is 5.48. The molecule has 1 atom stereocenters. The number of oxazole rings is 1. The van der Waals surface area contributed by atoms with Crippen LogP contribution in [0.2, 0.25) is 0 Å². The molecule has 1 unspecified atom stereocenters. The number of ether oxygens (including phenoxy) is 1. The number of hydrogen-bond donors (Lipinski definition) is 2. The van der Waals surface area contributed by atoms with E-state index in [2.05, 4.69) is 20.6 Å². The number of nitrogens with one attached hydrogen (secondary N) is 2. The molecule has 7 heteroatoms. The second-order valence-electron chi connectivity index (χ2n) is 5.63. The van der Waals surface area contributed by atoms with Gasteiger partial charge in [-0.25, -0.2) is 9.37 Å². The monoisotopic (exact) mass is 348 g/mol. The lowest BCUT2D eigenvalue weighted by atomic mass is 10.2. The summed E-state index contributed by atoms with van der Waals surface area (Å²) in [7, 11) is 1.68. The maximum atomic E-state index is 13.7. The van der Waals surface area contributed by atoms with E-state index in [9.17, 15) is 4.39 Å². The van der Waals surface area contributed by atoms with Crippen molar-refractivity contribution >= 4 is 5.96 Å². The van der Waals surface area contributed by atoms with E-state index in [1.807, 2.05) is 20.8 Å². The summed E-state index contributed by atoms with van der Waals surface area (Å²) >= 11 is 0. The summed E-state index contributed by atoms with van der Waals surface area (Å²) in [6.45, 7) is 6.70. The van der Waals surface area contributed by atoms with Gasteiger partial charge < -0.3 is 19.8 Å². The molecule has 1 aromatic heterocycles. The topological polar surface area (TPSA) is 71.7 Å². The second kappa shape index (κ2) is 9.05. The minimum atomic E-state index is -0.363. The number of nitrogens with zero attached hydrogens (tertiary/aromatic N) is 2. The summed E-state index contributed by atoms with van der Waals surface area (Å²) in [5.41, 5.74) is 0.879. The van der Waals surface area contributed by atoms with Gasteiger partial charge in [0.1, 0.15) is 11.9 Å². The fraction of sp³-hybridized carbons (Fsp3) is 0.444. The van der Waals surface area contributed by atoms with Gasteiger partial charge >= 0.3 is 0 Å². The van der Waals surface area contributed by atoms with E-state index >= 15 is 0 Å². The fourth-order valence-corrected chi connectivity index (χ4v) is 2.19. The van der Waals surface area contributed by atoms with Crippen molar-refractivity contribution in [2.24, 2.45) is 4.99 Å². The number of benzene rings is 1. The van der Waals surface area contributed by atoms with E-state index in [1.165, 1.54) is 6.07 Å². The van der Waals surface area contributed by atoms with Crippen molar-refractivity contribution in [1.82, 2.24) is 15.6 Å². The van der Waals surface area contributed by atoms with Crippen molar-refractivity contribution in [3.63, 3.8) is 0 Å². The molecule has 2 aromatic rings. The highest BCUT2D eigenvalue weighted by atomic mass is 19.1. The third-order valence-corrected chi connectivity index (χ3v) is 3.79. The molecule has 0 bridgehead atoms. The lowest BCUT2D eigenvalue weighted by Gasteiger charge is -2.20. The molecule has 0 fully saturated rings. The van der Waals surface area contributed by atoms with Crippen molar-refractivity contribution < 1.29 is 13.5 Å². The molecular weight excluding hydrogens is 323 g/mol. The van der Waals surface area contributed by atoms with Crippen LogP contribution in [0, 0.1) is 19.7 Å². The molecule has 1 aromatic carbocycles. The van der Waals surface area contributed by atoms with Crippen molar-refractivity contribution in [1.29, 1.82) is 0 Å². The number of para-hydroxylation sites is 1. The van der Waals surface area contributed by atoms with Crippen LogP contribution >= 0.6 is 0 Å². The van der Waals surface area contributed by atoms with Gasteiger partial charge in [-0.1, -0.05) is 19.1 Å². The average Bonchev–Trinajstić information content (AvgIpc) is 2.93. The van der Waals surface area contributed by atoms with Crippen LogP contribution in [0.5, 0.6) is 5.75 Å². The van der Waals surface area contributed by atoms with E-state index < -0.39 is 0 Å². The lowest BCUT2D eigenvalue weighted by Crippen LogP contribution is -2.42. The Morgan fingerprint density at radius 2 is 2.08 bits per heavy atom. The normalized spacial score (nSPS) is 12.8. The Balaban J connectivity index is 1.84. The number of hydrogen-bond acceptors (Lipinski definition) is 4. The molecule has 0 saturated heterocycles. The van der Waals surface area contributed by atoms with Gasteiger partial charge in [-0.3, -0.25) is 4.99 Å². The molecule has 0 saturated carbocycles. The number of aromatic nitrogens is 1. The van der Waals surface area contributed by atoms with Crippen LogP contribution in [0.25, 0.3) is 0 Å². The Kier molecular flexibility index (Phi) is 6.80. The van der Waals surface area contributed by atoms with Crippen molar-refractivity contribution in [3.8, 4) is 5.75 Å². The standard InChI is InChI=1S/C18H25FN4O2/c1-5-14(25-16-9-7-6-8-15(16)19)10-21-18(20-4)22-11-17-23-12(2)13(3)24-17/h6-9,14H,5,10-11H2,1-4H3,(H2,20,21,22). The van der Waals surface area contributed by atoms with Gasteiger partial charge in [0.25, 0.3) is 0 Å². The van der Waals surface area contributed by atoms with Gasteiger partial charge in [-0.15, -0.1) is 0 Å². The third-order valence-electron chi connectivity index (χ3n) is 3.79. The Hall–Kier alpha value is -2.57. The molecule has 0 aliphatic rings. The number of guanidine groups is 1. The van der Waals surface area contributed by atoms with Gasteiger partial charge in [0.05, 0.1) is 18.8 Å². The SMILES string of the molecule is CCC(CNC(=NC)NCc1nc(C)c(C)o1)Oc1ccccc1F. The van der Waals surface area contributed by atoms with Crippen molar-refractivity contribution in [3.05, 3.63) is 47.4 Å². The summed E-state index contributed by atoms with van der Waals surface area (Å²) in [6, 6.07) is 6.40. The quantitative estimate of drug-likeness (QED) is 0.595. The summed E-state index contributed by atoms with van der Waals surface area (Å²) in [5.74, 6) is 1.91. The Labute approximate surface area is 147 Å². The van der Waals surface area contributed by atoms with E-state index in [0.29, 0.717) is 24.9 Å². The smallest absolute Gasteiger partial charge is 0.214 e. The molecule has 25 heavy (non-hydrogen) atoms. The molecule has 136 valence electrons. The molecule has 0 amide bonds. The van der Waals surface area contributed by atoms with E-state index in [1.54, 1.807) is 25.2 Å². The van der Waals surface area contributed by atoms with E-state index in [0.717, 1.165) is 17.9 Å². The molecule has 6 nitrogen and oxygen atoms in total. The largest absolute Gasteiger partial charge is 0.486 e. The molecule has 2 N–H and O–H groups in total. The highest BCUT2D eigenvalue weighted by Gasteiger charge is 2.12. The van der Waals surface area contributed by atoms with Crippen LogP contribution < -0.4 is 15.4 Å². The maximum absolute atomic E-state index is 13.7. The Morgan fingerprint density at radius 1 is 1.32 bits per heavy atom. The highest BCUT2D eigenvalue weighted by Crippen LogP contribution is 2.17. The van der Waals surface area contributed by atoms with Crippen molar-refractivity contribution in [2.45, 2.75) is 39.8 Å². The number of aliphatic imine (C=N–C) groups is 1. The first-order chi connectivity index (χ1) is 12.0. The zero-order chi connectivity index (χ0) is 18.2. The number of aryl methyl sites for hydroxylation is 2. The van der Waals surface area contributed by atoms with Crippen LogP contribution in [-0.2, 0) is 6.54 Å². The van der Waals surface area contributed by atoms with Gasteiger partial charge in [0.2, 0.25) is 5.89 Å².